The van der Waals surface area contributed by atoms with E-state index < -0.39 is 6.10 Å². The summed E-state index contributed by atoms with van der Waals surface area (Å²) in [5.74, 6) is 0. The molecule has 24 heavy (non-hydrogen) atoms. The SMILES string of the molecule is OC(/C(=C\c1ccccc1)n1cncn1)c1ccc2occc2c1. The van der Waals surface area contributed by atoms with Gasteiger partial charge in [0.15, 0.2) is 0 Å². The molecule has 2 aromatic carbocycles. The van der Waals surface area contributed by atoms with Crippen molar-refractivity contribution in [3.8, 4) is 0 Å². The largest absolute Gasteiger partial charge is 0.464 e. The first-order valence-corrected chi connectivity index (χ1v) is 7.58. The molecule has 1 N–H and O–H groups in total. The van der Waals surface area contributed by atoms with Crippen molar-refractivity contribution in [2.75, 3.05) is 0 Å². The molecule has 0 aliphatic heterocycles. The normalized spacial score (nSPS) is 13.3. The number of aromatic nitrogens is 3. The Morgan fingerprint density at radius 1 is 1.12 bits per heavy atom. The summed E-state index contributed by atoms with van der Waals surface area (Å²) in [5, 5.41) is 16.0. The smallest absolute Gasteiger partial charge is 0.138 e. The van der Waals surface area contributed by atoms with E-state index in [2.05, 4.69) is 10.1 Å². The molecular formula is C19H15N3O2. The van der Waals surface area contributed by atoms with E-state index in [1.807, 2.05) is 60.7 Å². The van der Waals surface area contributed by atoms with Gasteiger partial charge in [0, 0.05) is 5.39 Å². The van der Waals surface area contributed by atoms with Crippen LogP contribution in [0.2, 0.25) is 0 Å². The van der Waals surface area contributed by atoms with E-state index in [0.717, 1.165) is 22.1 Å². The van der Waals surface area contributed by atoms with Gasteiger partial charge in [-0.3, -0.25) is 0 Å². The van der Waals surface area contributed by atoms with Crippen molar-refractivity contribution in [2.24, 2.45) is 0 Å². The lowest BCUT2D eigenvalue weighted by Crippen LogP contribution is -2.08. The van der Waals surface area contributed by atoms with Crippen LogP contribution < -0.4 is 0 Å². The Balaban J connectivity index is 1.79. The number of aliphatic hydroxyl groups excluding tert-OH is 1. The highest BCUT2D eigenvalue weighted by atomic mass is 16.3. The van der Waals surface area contributed by atoms with Crippen LogP contribution in [-0.2, 0) is 0 Å². The Labute approximate surface area is 138 Å². The Bertz CT molecular complexity index is 972. The summed E-state index contributed by atoms with van der Waals surface area (Å²) < 4.78 is 6.94. The van der Waals surface area contributed by atoms with Gasteiger partial charge in [0.1, 0.15) is 24.3 Å². The number of rotatable bonds is 4. The molecule has 0 aliphatic rings. The van der Waals surface area contributed by atoms with E-state index in [-0.39, 0.29) is 0 Å². The summed E-state index contributed by atoms with van der Waals surface area (Å²) in [6, 6.07) is 17.3. The Kier molecular flexibility index (Phi) is 3.69. The van der Waals surface area contributed by atoms with Gasteiger partial charge in [0.05, 0.1) is 12.0 Å². The van der Waals surface area contributed by atoms with E-state index in [4.69, 9.17) is 4.42 Å². The molecule has 5 heteroatoms. The Morgan fingerprint density at radius 2 is 2.00 bits per heavy atom. The van der Waals surface area contributed by atoms with E-state index in [1.54, 1.807) is 17.3 Å². The van der Waals surface area contributed by atoms with Crippen LogP contribution in [0.1, 0.15) is 17.2 Å². The molecule has 118 valence electrons. The van der Waals surface area contributed by atoms with Crippen LogP contribution in [-0.4, -0.2) is 19.9 Å². The summed E-state index contributed by atoms with van der Waals surface area (Å²) in [6.45, 7) is 0. The second-order valence-electron chi connectivity index (χ2n) is 5.44. The number of benzene rings is 2. The maximum absolute atomic E-state index is 10.9. The van der Waals surface area contributed by atoms with Gasteiger partial charge < -0.3 is 9.52 Å². The van der Waals surface area contributed by atoms with Crippen molar-refractivity contribution >= 4 is 22.7 Å². The van der Waals surface area contributed by atoms with Crippen LogP contribution in [0, 0.1) is 0 Å². The zero-order valence-corrected chi connectivity index (χ0v) is 12.8. The molecule has 0 bridgehead atoms. The van der Waals surface area contributed by atoms with Gasteiger partial charge in [-0.1, -0.05) is 36.4 Å². The third-order valence-corrected chi connectivity index (χ3v) is 3.87. The average molecular weight is 317 g/mol. The summed E-state index contributed by atoms with van der Waals surface area (Å²) in [5.41, 5.74) is 3.16. The highest BCUT2D eigenvalue weighted by molar-refractivity contribution is 5.80. The zero-order chi connectivity index (χ0) is 16.4. The van der Waals surface area contributed by atoms with E-state index in [1.165, 1.54) is 6.33 Å². The molecule has 0 aliphatic carbocycles. The lowest BCUT2D eigenvalue weighted by atomic mass is 10.0. The number of aliphatic hydroxyl groups is 1. The first-order valence-electron chi connectivity index (χ1n) is 7.58. The van der Waals surface area contributed by atoms with Crippen LogP contribution in [0.4, 0.5) is 0 Å². The lowest BCUT2D eigenvalue weighted by Gasteiger charge is -2.15. The van der Waals surface area contributed by atoms with Crippen LogP contribution in [0.5, 0.6) is 0 Å². The van der Waals surface area contributed by atoms with E-state index in [0.29, 0.717) is 5.70 Å². The molecular weight excluding hydrogens is 302 g/mol. The average Bonchev–Trinajstić information content (AvgIpc) is 3.30. The molecule has 0 saturated carbocycles. The van der Waals surface area contributed by atoms with Crippen molar-refractivity contribution in [1.82, 2.24) is 14.8 Å². The van der Waals surface area contributed by atoms with E-state index in [9.17, 15) is 5.11 Å². The Hall–Kier alpha value is -3.18. The predicted octanol–water partition coefficient (Wildman–Crippen LogP) is 3.76. The summed E-state index contributed by atoms with van der Waals surface area (Å²) in [7, 11) is 0. The van der Waals surface area contributed by atoms with Crippen molar-refractivity contribution in [2.45, 2.75) is 6.10 Å². The summed E-state index contributed by atoms with van der Waals surface area (Å²) in [6.07, 6.45) is 5.73. The van der Waals surface area contributed by atoms with Gasteiger partial charge in [-0.2, -0.15) is 5.10 Å². The number of hydrogen-bond donors (Lipinski definition) is 1. The number of nitrogens with zero attached hydrogens (tertiary/aromatic N) is 3. The first kappa shape index (κ1) is 14.4. The maximum atomic E-state index is 10.9. The fourth-order valence-corrected chi connectivity index (χ4v) is 2.66. The fourth-order valence-electron chi connectivity index (χ4n) is 2.66. The molecule has 1 atom stereocenters. The number of furan rings is 1. The summed E-state index contributed by atoms with van der Waals surface area (Å²) >= 11 is 0. The molecule has 0 fully saturated rings. The lowest BCUT2D eigenvalue weighted by molar-refractivity contribution is 0.231. The number of hydrogen-bond acceptors (Lipinski definition) is 4. The minimum Gasteiger partial charge on any atom is -0.464 e. The van der Waals surface area contributed by atoms with Gasteiger partial charge >= 0.3 is 0 Å². The molecule has 2 aromatic heterocycles. The second-order valence-corrected chi connectivity index (χ2v) is 5.44. The maximum Gasteiger partial charge on any atom is 0.138 e. The van der Waals surface area contributed by atoms with Crippen molar-refractivity contribution in [3.63, 3.8) is 0 Å². The van der Waals surface area contributed by atoms with E-state index >= 15 is 0 Å². The highest BCUT2D eigenvalue weighted by Gasteiger charge is 2.17. The van der Waals surface area contributed by atoms with Gasteiger partial charge in [0.2, 0.25) is 0 Å². The minimum absolute atomic E-state index is 0.626. The van der Waals surface area contributed by atoms with Crippen molar-refractivity contribution in [3.05, 3.63) is 84.6 Å². The third-order valence-electron chi connectivity index (χ3n) is 3.87. The Morgan fingerprint density at radius 3 is 2.79 bits per heavy atom. The molecule has 4 rings (SSSR count). The topological polar surface area (TPSA) is 64.1 Å². The fraction of sp³-hybridized carbons (Fsp3) is 0.0526. The van der Waals surface area contributed by atoms with Crippen molar-refractivity contribution < 1.29 is 9.52 Å². The highest BCUT2D eigenvalue weighted by Crippen LogP contribution is 2.29. The van der Waals surface area contributed by atoms with Crippen LogP contribution in [0.3, 0.4) is 0 Å². The molecule has 0 saturated heterocycles. The third kappa shape index (κ3) is 2.73. The molecule has 0 radical (unpaired) electrons. The van der Waals surface area contributed by atoms with Gasteiger partial charge in [0.25, 0.3) is 0 Å². The standard InChI is InChI=1S/C19H15N3O2/c23-19(16-6-7-18-15(11-16)8-9-24-18)17(22-13-20-12-21-22)10-14-4-2-1-3-5-14/h1-13,19,23H/b17-10+. The quantitative estimate of drug-likeness (QED) is 0.622. The molecule has 2 heterocycles. The van der Waals surface area contributed by atoms with Crippen LogP contribution >= 0.6 is 0 Å². The second kappa shape index (κ2) is 6.14. The van der Waals surface area contributed by atoms with Crippen molar-refractivity contribution in [1.29, 1.82) is 0 Å². The monoisotopic (exact) mass is 317 g/mol. The molecule has 5 nitrogen and oxygen atoms in total. The summed E-state index contributed by atoms with van der Waals surface area (Å²) in [4.78, 5) is 3.99. The first-order chi connectivity index (χ1) is 11.8. The number of fused-ring (bicyclic) bond motifs is 1. The van der Waals surface area contributed by atoms with Crippen LogP contribution in [0.15, 0.2) is 77.9 Å². The zero-order valence-electron chi connectivity index (χ0n) is 12.8. The predicted molar refractivity (Wildman–Crippen MR) is 91.8 cm³/mol. The van der Waals surface area contributed by atoms with Gasteiger partial charge in [-0.25, -0.2) is 9.67 Å². The van der Waals surface area contributed by atoms with Crippen LogP contribution in [0.25, 0.3) is 22.7 Å². The molecule has 0 spiro atoms. The minimum atomic E-state index is -0.841. The van der Waals surface area contributed by atoms with Gasteiger partial charge in [-0.05, 0) is 35.4 Å². The molecule has 1 unspecified atom stereocenters. The van der Waals surface area contributed by atoms with Gasteiger partial charge in [-0.15, -0.1) is 0 Å². The molecule has 4 aromatic rings. The molecule has 0 amide bonds.